The molecule has 0 aliphatic carbocycles. The van der Waals surface area contributed by atoms with Crippen LogP contribution in [0, 0.1) is 0 Å². The Bertz CT molecular complexity index is 358. The molecular weight excluding hydrogens is 238 g/mol. The molecule has 0 aliphatic rings. The smallest absolute Gasteiger partial charge is 0.0964 e. The number of aromatic nitrogens is 3. The van der Waals surface area contributed by atoms with Crippen molar-refractivity contribution < 1.29 is 0 Å². The van der Waals surface area contributed by atoms with Gasteiger partial charge in [-0.15, -0.1) is 11.7 Å². The summed E-state index contributed by atoms with van der Waals surface area (Å²) in [6, 6.07) is 0.470. The summed E-state index contributed by atoms with van der Waals surface area (Å²) in [6.07, 6.45) is 5.14. The van der Waals surface area contributed by atoms with E-state index in [0.717, 1.165) is 44.8 Å². The molecule has 1 rings (SSSR count). The number of hydrogen-bond donors (Lipinski definition) is 1. The van der Waals surface area contributed by atoms with E-state index < -0.39 is 0 Å². The zero-order valence-electron chi connectivity index (χ0n) is 12.5. The highest BCUT2D eigenvalue weighted by Gasteiger charge is 2.04. The third kappa shape index (κ3) is 6.50. The molecule has 0 bridgehead atoms. The van der Waals surface area contributed by atoms with Crippen LogP contribution >= 0.6 is 0 Å². The standard InChI is InChI=1S/C14H27N5/c1-5-7-18(8-6-2)9-10-19-12-14(16-17-19)11-15-13(3)4/h5,12-13,15H,1,6-11H2,2-4H3. The van der Waals surface area contributed by atoms with Crippen LogP contribution in [0.25, 0.3) is 0 Å². The van der Waals surface area contributed by atoms with Gasteiger partial charge in [0.2, 0.25) is 0 Å². The van der Waals surface area contributed by atoms with Gasteiger partial charge < -0.3 is 5.32 Å². The molecule has 1 heterocycles. The van der Waals surface area contributed by atoms with Crippen molar-refractivity contribution in [2.45, 2.75) is 46.3 Å². The van der Waals surface area contributed by atoms with Crippen molar-refractivity contribution in [1.82, 2.24) is 25.2 Å². The van der Waals surface area contributed by atoms with Crippen LogP contribution in [0.2, 0.25) is 0 Å². The summed E-state index contributed by atoms with van der Waals surface area (Å²) in [5.41, 5.74) is 1.000. The van der Waals surface area contributed by atoms with Gasteiger partial charge >= 0.3 is 0 Å². The fourth-order valence-electron chi connectivity index (χ4n) is 1.87. The van der Waals surface area contributed by atoms with Gasteiger partial charge in [-0.05, 0) is 13.0 Å². The second-order valence-corrected chi connectivity index (χ2v) is 5.10. The average Bonchev–Trinajstić information content (AvgIpc) is 2.82. The number of nitrogens with zero attached hydrogens (tertiary/aromatic N) is 4. The summed E-state index contributed by atoms with van der Waals surface area (Å²) in [4.78, 5) is 2.38. The largest absolute Gasteiger partial charge is 0.309 e. The van der Waals surface area contributed by atoms with Gasteiger partial charge in [0.1, 0.15) is 0 Å². The Hall–Kier alpha value is -1.20. The van der Waals surface area contributed by atoms with E-state index in [1.54, 1.807) is 0 Å². The van der Waals surface area contributed by atoms with Gasteiger partial charge in [-0.25, -0.2) is 0 Å². The fraction of sp³-hybridized carbons (Fsp3) is 0.714. The maximum atomic E-state index is 4.17. The number of rotatable bonds is 10. The predicted octanol–water partition coefficient (Wildman–Crippen LogP) is 1.67. The van der Waals surface area contributed by atoms with Crippen LogP contribution in [0.5, 0.6) is 0 Å². The molecule has 0 radical (unpaired) electrons. The monoisotopic (exact) mass is 265 g/mol. The SMILES string of the molecule is C=CCN(CCC)CCn1cc(CNC(C)C)nn1. The van der Waals surface area contributed by atoms with E-state index in [4.69, 9.17) is 0 Å². The first-order valence-corrected chi connectivity index (χ1v) is 7.11. The summed E-state index contributed by atoms with van der Waals surface area (Å²) in [7, 11) is 0. The molecular formula is C14H27N5. The molecule has 5 nitrogen and oxygen atoms in total. The Kier molecular flexibility index (Phi) is 7.36. The molecule has 19 heavy (non-hydrogen) atoms. The van der Waals surface area contributed by atoms with Crippen LogP contribution in [0.3, 0.4) is 0 Å². The Labute approximate surface area is 116 Å². The van der Waals surface area contributed by atoms with Crippen molar-refractivity contribution in [3.05, 3.63) is 24.5 Å². The zero-order chi connectivity index (χ0) is 14.1. The Morgan fingerprint density at radius 3 is 2.89 bits per heavy atom. The van der Waals surface area contributed by atoms with Crippen molar-refractivity contribution in [2.24, 2.45) is 0 Å². The molecule has 0 amide bonds. The van der Waals surface area contributed by atoms with E-state index in [2.05, 4.69) is 47.9 Å². The maximum Gasteiger partial charge on any atom is 0.0964 e. The van der Waals surface area contributed by atoms with Crippen LogP contribution in [-0.2, 0) is 13.1 Å². The van der Waals surface area contributed by atoms with Crippen LogP contribution in [0.1, 0.15) is 32.9 Å². The fourth-order valence-corrected chi connectivity index (χ4v) is 1.87. The van der Waals surface area contributed by atoms with Gasteiger partial charge in [0.05, 0.1) is 12.2 Å². The molecule has 5 heteroatoms. The van der Waals surface area contributed by atoms with Crippen molar-refractivity contribution in [3.63, 3.8) is 0 Å². The Balaban J connectivity index is 2.37. The zero-order valence-corrected chi connectivity index (χ0v) is 12.5. The topological polar surface area (TPSA) is 46.0 Å². The first kappa shape index (κ1) is 15.9. The molecule has 1 aromatic heterocycles. The van der Waals surface area contributed by atoms with E-state index in [-0.39, 0.29) is 0 Å². The lowest BCUT2D eigenvalue weighted by Gasteiger charge is -2.19. The molecule has 0 saturated carbocycles. The first-order chi connectivity index (χ1) is 9.15. The van der Waals surface area contributed by atoms with E-state index >= 15 is 0 Å². The third-order valence-corrected chi connectivity index (χ3v) is 2.85. The molecule has 1 N–H and O–H groups in total. The van der Waals surface area contributed by atoms with E-state index in [1.165, 1.54) is 0 Å². The number of nitrogens with one attached hydrogen (secondary N) is 1. The third-order valence-electron chi connectivity index (χ3n) is 2.85. The van der Waals surface area contributed by atoms with Gasteiger partial charge in [-0.2, -0.15) is 0 Å². The molecule has 0 fully saturated rings. The van der Waals surface area contributed by atoms with E-state index in [1.807, 2.05) is 17.0 Å². The highest BCUT2D eigenvalue weighted by atomic mass is 15.4. The van der Waals surface area contributed by atoms with Crippen LogP contribution in [0.15, 0.2) is 18.9 Å². The molecule has 1 aromatic rings. The van der Waals surface area contributed by atoms with Crippen molar-refractivity contribution in [2.75, 3.05) is 19.6 Å². The van der Waals surface area contributed by atoms with Crippen LogP contribution < -0.4 is 5.32 Å². The predicted molar refractivity (Wildman–Crippen MR) is 78.9 cm³/mol. The van der Waals surface area contributed by atoms with Gasteiger partial charge in [0, 0.05) is 31.9 Å². The van der Waals surface area contributed by atoms with E-state index in [0.29, 0.717) is 6.04 Å². The lowest BCUT2D eigenvalue weighted by molar-refractivity contribution is 0.283. The lowest BCUT2D eigenvalue weighted by Crippen LogP contribution is -2.28. The highest BCUT2D eigenvalue weighted by Crippen LogP contribution is 1.97. The summed E-state index contributed by atoms with van der Waals surface area (Å²) in [6.45, 7) is 14.9. The van der Waals surface area contributed by atoms with Gasteiger partial charge in [-0.1, -0.05) is 32.1 Å². The summed E-state index contributed by atoms with van der Waals surface area (Å²) in [5.74, 6) is 0. The van der Waals surface area contributed by atoms with E-state index in [9.17, 15) is 0 Å². The van der Waals surface area contributed by atoms with Crippen molar-refractivity contribution in [3.8, 4) is 0 Å². The highest BCUT2D eigenvalue weighted by molar-refractivity contribution is 4.91. The minimum absolute atomic E-state index is 0.470. The molecule has 0 spiro atoms. The minimum Gasteiger partial charge on any atom is -0.309 e. The van der Waals surface area contributed by atoms with Crippen molar-refractivity contribution >= 4 is 0 Å². The quantitative estimate of drug-likeness (QED) is 0.654. The summed E-state index contributed by atoms with van der Waals surface area (Å²) in [5, 5.41) is 11.7. The Morgan fingerprint density at radius 1 is 1.47 bits per heavy atom. The Morgan fingerprint density at radius 2 is 2.26 bits per heavy atom. The number of hydrogen-bond acceptors (Lipinski definition) is 4. The molecule has 0 saturated heterocycles. The molecule has 0 aliphatic heterocycles. The van der Waals surface area contributed by atoms with Crippen molar-refractivity contribution in [1.29, 1.82) is 0 Å². The van der Waals surface area contributed by atoms with Gasteiger partial charge in [0.15, 0.2) is 0 Å². The molecule has 0 aromatic carbocycles. The normalized spacial score (nSPS) is 11.4. The summed E-state index contributed by atoms with van der Waals surface area (Å²) >= 11 is 0. The average molecular weight is 265 g/mol. The minimum atomic E-state index is 0.470. The van der Waals surface area contributed by atoms with Crippen LogP contribution in [0.4, 0.5) is 0 Å². The van der Waals surface area contributed by atoms with Gasteiger partial charge in [0.25, 0.3) is 0 Å². The molecule has 0 unspecified atom stereocenters. The molecule has 108 valence electrons. The van der Waals surface area contributed by atoms with Gasteiger partial charge in [-0.3, -0.25) is 9.58 Å². The first-order valence-electron chi connectivity index (χ1n) is 7.11. The summed E-state index contributed by atoms with van der Waals surface area (Å²) < 4.78 is 1.92. The van der Waals surface area contributed by atoms with Crippen LogP contribution in [-0.4, -0.2) is 45.6 Å². The lowest BCUT2D eigenvalue weighted by atomic mass is 10.3. The second-order valence-electron chi connectivity index (χ2n) is 5.10. The second kappa shape index (κ2) is 8.82. The molecule has 0 atom stereocenters. The maximum absolute atomic E-state index is 4.17.